The molecule has 0 spiro atoms. The monoisotopic (exact) mass is 486 g/mol. The fraction of sp³-hybridized carbons (Fsp3) is 0.167. The van der Waals surface area contributed by atoms with E-state index < -0.39 is 27.4 Å². The normalized spacial score (nSPS) is 11.6. The third-order valence-electron chi connectivity index (χ3n) is 5.08. The molecule has 0 aliphatic rings. The van der Waals surface area contributed by atoms with Crippen molar-refractivity contribution >= 4 is 42.4 Å². The SMILES string of the molecule is Cc1ccc(S(=O)(=O)CCC(=O)N(Cc2ccccc2)c2nc3c(F)cc(F)cc3s2)cc1. The van der Waals surface area contributed by atoms with Gasteiger partial charge in [0.1, 0.15) is 11.3 Å². The van der Waals surface area contributed by atoms with E-state index in [-0.39, 0.29) is 39.0 Å². The number of sulfone groups is 1. The third kappa shape index (κ3) is 5.26. The second-order valence-corrected chi connectivity index (χ2v) is 10.7. The lowest BCUT2D eigenvalue weighted by molar-refractivity contribution is -0.118. The van der Waals surface area contributed by atoms with Crippen molar-refractivity contribution in [3.05, 3.63) is 89.5 Å². The van der Waals surface area contributed by atoms with Crippen LogP contribution >= 0.6 is 11.3 Å². The van der Waals surface area contributed by atoms with E-state index in [9.17, 15) is 22.0 Å². The van der Waals surface area contributed by atoms with E-state index in [2.05, 4.69) is 4.98 Å². The summed E-state index contributed by atoms with van der Waals surface area (Å²) in [6.07, 6.45) is -0.282. The number of carbonyl (C=O) groups excluding carboxylic acids is 1. The number of halogens is 2. The molecule has 33 heavy (non-hydrogen) atoms. The quantitative estimate of drug-likeness (QED) is 0.356. The molecule has 170 valence electrons. The minimum atomic E-state index is -3.67. The van der Waals surface area contributed by atoms with Crippen molar-refractivity contribution in [2.75, 3.05) is 10.7 Å². The summed E-state index contributed by atoms with van der Waals surface area (Å²) in [6.45, 7) is 1.97. The Morgan fingerprint density at radius 2 is 1.73 bits per heavy atom. The molecule has 4 aromatic rings. The first-order valence-electron chi connectivity index (χ1n) is 10.1. The number of aromatic nitrogens is 1. The molecule has 0 atom stereocenters. The van der Waals surface area contributed by atoms with E-state index in [4.69, 9.17) is 0 Å². The molecule has 5 nitrogen and oxygen atoms in total. The number of amides is 1. The Hall–Kier alpha value is -3.17. The highest BCUT2D eigenvalue weighted by atomic mass is 32.2. The number of benzene rings is 3. The van der Waals surface area contributed by atoms with E-state index in [1.165, 1.54) is 17.0 Å². The zero-order valence-electron chi connectivity index (χ0n) is 17.7. The number of hydrogen-bond donors (Lipinski definition) is 0. The van der Waals surface area contributed by atoms with Crippen molar-refractivity contribution in [1.29, 1.82) is 0 Å². The molecule has 1 heterocycles. The van der Waals surface area contributed by atoms with E-state index >= 15 is 0 Å². The number of rotatable bonds is 7. The second kappa shape index (κ2) is 9.36. The Kier molecular flexibility index (Phi) is 6.53. The Balaban J connectivity index is 1.62. The molecule has 1 aromatic heterocycles. The van der Waals surface area contributed by atoms with Gasteiger partial charge in [0, 0.05) is 12.5 Å². The number of carbonyl (C=O) groups is 1. The van der Waals surface area contributed by atoms with Crippen LogP contribution in [-0.4, -0.2) is 25.1 Å². The largest absolute Gasteiger partial charge is 0.284 e. The second-order valence-electron chi connectivity index (χ2n) is 7.58. The molecule has 0 saturated carbocycles. The van der Waals surface area contributed by atoms with Crippen LogP contribution in [0.5, 0.6) is 0 Å². The van der Waals surface area contributed by atoms with Gasteiger partial charge in [0.2, 0.25) is 5.91 Å². The third-order valence-corrected chi connectivity index (χ3v) is 7.84. The Bertz CT molecular complexity index is 1400. The summed E-state index contributed by atoms with van der Waals surface area (Å²) < 4.78 is 53.5. The minimum Gasteiger partial charge on any atom is -0.284 e. The van der Waals surface area contributed by atoms with Crippen molar-refractivity contribution in [2.24, 2.45) is 0 Å². The molecule has 0 aliphatic heterocycles. The number of thiazole rings is 1. The molecule has 0 saturated heterocycles. The topological polar surface area (TPSA) is 67.3 Å². The van der Waals surface area contributed by atoms with Gasteiger partial charge in [-0.05, 0) is 30.7 Å². The van der Waals surface area contributed by atoms with Gasteiger partial charge in [-0.3, -0.25) is 9.69 Å². The summed E-state index contributed by atoms with van der Waals surface area (Å²) >= 11 is 0.977. The van der Waals surface area contributed by atoms with Crippen LogP contribution in [0.25, 0.3) is 10.2 Å². The number of hydrogen-bond acceptors (Lipinski definition) is 5. The Morgan fingerprint density at radius 3 is 2.42 bits per heavy atom. The highest BCUT2D eigenvalue weighted by Gasteiger charge is 2.24. The lowest BCUT2D eigenvalue weighted by Gasteiger charge is -2.20. The Morgan fingerprint density at radius 1 is 1.03 bits per heavy atom. The summed E-state index contributed by atoms with van der Waals surface area (Å²) in [5.74, 6) is -2.41. The van der Waals surface area contributed by atoms with Crippen molar-refractivity contribution < 1.29 is 22.0 Å². The molecular formula is C24H20F2N2O3S2. The lowest BCUT2D eigenvalue weighted by Crippen LogP contribution is -2.31. The van der Waals surface area contributed by atoms with Crippen LogP contribution in [0, 0.1) is 18.6 Å². The minimum absolute atomic E-state index is 0.0328. The first-order chi connectivity index (χ1) is 15.7. The van der Waals surface area contributed by atoms with Gasteiger partial charge in [0.05, 0.1) is 21.9 Å². The van der Waals surface area contributed by atoms with Crippen molar-refractivity contribution in [1.82, 2.24) is 4.98 Å². The number of anilines is 1. The van der Waals surface area contributed by atoms with Crippen molar-refractivity contribution in [3.63, 3.8) is 0 Å². The van der Waals surface area contributed by atoms with Gasteiger partial charge < -0.3 is 0 Å². The zero-order valence-corrected chi connectivity index (χ0v) is 19.3. The van der Waals surface area contributed by atoms with E-state index in [1.54, 1.807) is 12.1 Å². The van der Waals surface area contributed by atoms with Crippen molar-refractivity contribution in [2.45, 2.75) is 24.8 Å². The van der Waals surface area contributed by atoms with Crippen LogP contribution in [-0.2, 0) is 21.2 Å². The first kappa shape index (κ1) is 23.0. The Labute approximate surface area is 194 Å². The molecule has 0 aliphatic carbocycles. The number of fused-ring (bicyclic) bond motifs is 1. The van der Waals surface area contributed by atoms with Gasteiger partial charge in [-0.25, -0.2) is 22.2 Å². The van der Waals surface area contributed by atoms with Crippen molar-refractivity contribution in [3.8, 4) is 0 Å². The maximum atomic E-state index is 14.2. The van der Waals surface area contributed by atoms with Gasteiger partial charge in [0.25, 0.3) is 0 Å². The zero-order chi connectivity index (χ0) is 23.6. The van der Waals surface area contributed by atoms with Crippen LogP contribution in [0.1, 0.15) is 17.5 Å². The highest BCUT2D eigenvalue weighted by molar-refractivity contribution is 7.91. The molecular weight excluding hydrogens is 466 g/mol. The van der Waals surface area contributed by atoms with E-state index in [0.29, 0.717) is 0 Å². The molecule has 4 rings (SSSR count). The molecule has 9 heteroatoms. The first-order valence-corrected chi connectivity index (χ1v) is 12.6. The van der Waals surface area contributed by atoms with E-state index in [1.807, 2.05) is 37.3 Å². The fourth-order valence-corrected chi connectivity index (χ4v) is 5.56. The predicted octanol–water partition coefficient (Wildman–Crippen LogP) is 5.28. The molecule has 0 bridgehead atoms. The molecule has 3 aromatic carbocycles. The maximum Gasteiger partial charge on any atom is 0.230 e. The standard InChI is InChI=1S/C24H20F2N2O3S2/c1-16-7-9-19(10-8-16)33(30,31)12-11-22(29)28(15-17-5-3-2-4-6-17)24-27-23-20(26)13-18(25)14-21(23)32-24/h2-10,13-14H,11-12,15H2,1H3. The van der Waals surface area contributed by atoms with E-state index in [0.717, 1.165) is 34.6 Å². The smallest absolute Gasteiger partial charge is 0.230 e. The van der Waals surface area contributed by atoms with Gasteiger partial charge in [-0.15, -0.1) is 0 Å². The summed E-state index contributed by atoms with van der Waals surface area (Å²) in [7, 11) is -3.67. The maximum absolute atomic E-state index is 14.2. The molecule has 0 fully saturated rings. The predicted molar refractivity (Wildman–Crippen MR) is 125 cm³/mol. The summed E-state index contributed by atoms with van der Waals surface area (Å²) in [4.78, 5) is 18.9. The van der Waals surface area contributed by atoms with Gasteiger partial charge in [-0.1, -0.05) is 59.4 Å². The fourth-order valence-electron chi connectivity index (χ4n) is 3.31. The lowest BCUT2D eigenvalue weighted by atomic mass is 10.2. The summed E-state index contributed by atoms with van der Waals surface area (Å²) in [6, 6.07) is 17.4. The average molecular weight is 487 g/mol. The van der Waals surface area contributed by atoms with Gasteiger partial charge in [0.15, 0.2) is 20.8 Å². The van der Waals surface area contributed by atoms with Crippen LogP contribution < -0.4 is 4.90 Å². The highest BCUT2D eigenvalue weighted by Crippen LogP contribution is 2.32. The molecule has 1 amide bonds. The molecule has 0 radical (unpaired) electrons. The molecule has 0 N–H and O–H groups in total. The average Bonchev–Trinajstić information content (AvgIpc) is 3.21. The molecule has 0 unspecified atom stereocenters. The van der Waals surface area contributed by atoms with Crippen LogP contribution in [0.3, 0.4) is 0 Å². The number of aryl methyl sites for hydroxylation is 1. The van der Waals surface area contributed by atoms with Crippen LogP contribution in [0.2, 0.25) is 0 Å². The van der Waals surface area contributed by atoms with Gasteiger partial charge >= 0.3 is 0 Å². The van der Waals surface area contributed by atoms with Crippen LogP contribution in [0.15, 0.2) is 71.6 Å². The summed E-state index contributed by atoms with van der Waals surface area (Å²) in [5.41, 5.74) is 1.69. The van der Waals surface area contributed by atoms with Gasteiger partial charge in [-0.2, -0.15) is 0 Å². The van der Waals surface area contributed by atoms with Crippen LogP contribution in [0.4, 0.5) is 13.9 Å². The summed E-state index contributed by atoms with van der Waals surface area (Å²) in [5, 5.41) is 0.177. The number of nitrogens with zero attached hydrogens (tertiary/aromatic N) is 2.